The number of halogens is 1. The van der Waals surface area contributed by atoms with Gasteiger partial charge in [-0.2, -0.15) is 0 Å². The average Bonchev–Trinajstić information content (AvgIpc) is 3.19. The molecule has 0 unspecified atom stereocenters. The summed E-state index contributed by atoms with van der Waals surface area (Å²) in [6.45, 7) is 4.79. The Morgan fingerprint density at radius 1 is 1.06 bits per heavy atom. The summed E-state index contributed by atoms with van der Waals surface area (Å²) in [5.74, 6) is -0.454. The van der Waals surface area contributed by atoms with Gasteiger partial charge in [-0.3, -0.25) is 14.0 Å². The third-order valence-electron chi connectivity index (χ3n) is 6.12. The predicted molar refractivity (Wildman–Crippen MR) is 126 cm³/mol. The number of benzene rings is 2. The lowest BCUT2D eigenvalue weighted by Crippen LogP contribution is -2.29. The second kappa shape index (κ2) is 7.96. The van der Waals surface area contributed by atoms with Gasteiger partial charge in [0.1, 0.15) is 16.0 Å². The van der Waals surface area contributed by atoms with Crippen LogP contribution in [0, 0.1) is 5.82 Å². The Balaban J connectivity index is 1.67. The van der Waals surface area contributed by atoms with Crippen LogP contribution in [0.4, 0.5) is 10.1 Å². The van der Waals surface area contributed by atoms with Crippen LogP contribution >= 0.6 is 11.5 Å². The SMILES string of the molecule is CCCn1c2cc(-c3ccc(N4CCCCC4)cc3)c(F)cc2c(=O)c2c(=O)[nH]sc21. The fourth-order valence-corrected chi connectivity index (χ4v) is 5.44. The molecule has 1 N–H and O–H groups in total. The van der Waals surface area contributed by atoms with Crippen molar-refractivity contribution < 1.29 is 4.39 Å². The summed E-state index contributed by atoms with van der Waals surface area (Å²) in [5.41, 5.74) is 2.24. The molecule has 2 aromatic carbocycles. The summed E-state index contributed by atoms with van der Waals surface area (Å²) in [7, 11) is 0. The molecule has 5 rings (SSSR count). The molecule has 1 aliphatic heterocycles. The molecule has 160 valence electrons. The summed E-state index contributed by atoms with van der Waals surface area (Å²) in [6.07, 6.45) is 4.52. The van der Waals surface area contributed by atoms with E-state index in [0.717, 1.165) is 42.3 Å². The van der Waals surface area contributed by atoms with Crippen LogP contribution < -0.4 is 15.9 Å². The van der Waals surface area contributed by atoms with Crippen LogP contribution in [0.3, 0.4) is 0 Å². The highest BCUT2D eigenvalue weighted by Gasteiger charge is 2.18. The van der Waals surface area contributed by atoms with Gasteiger partial charge < -0.3 is 9.47 Å². The molecule has 0 spiro atoms. The summed E-state index contributed by atoms with van der Waals surface area (Å²) in [4.78, 5) is 28.1. The predicted octanol–water partition coefficient (Wildman–Crippen LogP) is 5.11. The molecule has 1 saturated heterocycles. The number of piperidine rings is 1. The molecule has 0 atom stereocenters. The maximum Gasteiger partial charge on any atom is 0.271 e. The number of rotatable bonds is 4. The van der Waals surface area contributed by atoms with E-state index in [0.29, 0.717) is 22.5 Å². The third kappa shape index (κ3) is 3.37. The fraction of sp³-hybridized carbons (Fsp3) is 0.333. The second-order valence-corrected chi connectivity index (χ2v) is 8.93. The number of nitrogens with one attached hydrogen (secondary N) is 1. The highest BCUT2D eigenvalue weighted by atomic mass is 32.1. The zero-order chi connectivity index (χ0) is 21.5. The first-order chi connectivity index (χ1) is 15.1. The Labute approximate surface area is 182 Å². The number of hydrogen-bond donors (Lipinski definition) is 1. The zero-order valence-corrected chi connectivity index (χ0v) is 18.2. The van der Waals surface area contributed by atoms with Crippen LogP contribution in [0.2, 0.25) is 0 Å². The summed E-state index contributed by atoms with van der Waals surface area (Å²) < 4.78 is 19.8. The van der Waals surface area contributed by atoms with E-state index in [9.17, 15) is 9.59 Å². The third-order valence-corrected chi connectivity index (χ3v) is 7.03. The van der Waals surface area contributed by atoms with Crippen molar-refractivity contribution in [3.8, 4) is 11.1 Å². The summed E-state index contributed by atoms with van der Waals surface area (Å²) in [6, 6.07) is 11.0. The molecule has 4 aromatic rings. The number of nitrogens with zero attached hydrogens (tertiary/aromatic N) is 2. The van der Waals surface area contributed by atoms with Crippen molar-refractivity contribution >= 4 is 38.3 Å². The molecule has 3 heterocycles. The number of anilines is 1. The number of aryl methyl sites for hydroxylation is 1. The fourth-order valence-electron chi connectivity index (χ4n) is 4.57. The Morgan fingerprint density at radius 2 is 1.81 bits per heavy atom. The molecule has 1 aliphatic rings. The summed E-state index contributed by atoms with van der Waals surface area (Å²) >= 11 is 1.16. The van der Waals surface area contributed by atoms with Crippen molar-refractivity contribution in [3.63, 3.8) is 0 Å². The number of aromatic nitrogens is 2. The van der Waals surface area contributed by atoms with Gasteiger partial charge in [0.05, 0.1) is 5.52 Å². The first-order valence-corrected chi connectivity index (χ1v) is 11.6. The molecule has 0 saturated carbocycles. The minimum atomic E-state index is -0.454. The molecule has 7 heteroatoms. The van der Waals surface area contributed by atoms with Gasteiger partial charge in [0.15, 0.2) is 0 Å². The second-order valence-electron chi connectivity index (χ2n) is 8.14. The van der Waals surface area contributed by atoms with E-state index >= 15 is 4.39 Å². The van der Waals surface area contributed by atoms with Crippen LogP contribution in [0.25, 0.3) is 32.2 Å². The zero-order valence-electron chi connectivity index (χ0n) is 17.4. The van der Waals surface area contributed by atoms with E-state index in [-0.39, 0.29) is 10.8 Å². The quantitative estimate of drug-likeness (QED) is 0.483. The van der Waals surface area contributed by atoms with Crippen LogP contribution in [0.5, 0.6) is 0 Å². The van der Waals surface area contributed by atoms with E-state index in [4.69, 9.17) is 0 Å². The van der Waals surface area contributed by atoms with Gasteiger partial charge in [0.25, 0.3) is 5.56 Å². The van der Waals surface area contributed by atoms with Crippen LogP contribution in [-0.2, 0) is 6.54 Å². The van der Waals surface area contributed by atoms with Crippen molar-refractivity contribution in [3.05, 3.63) is 62.8 Å². The molecule has 0 amide bonds. The number of H-pyrrole nitrogens is 1. The molecule has 1 fully saturated rings. The van der Waals surface area contributed by atoms with Crippen LogP contribution in [0.15, 0.2) is 46.0 Å². The van der Waals surface area contributed by atoms with Crippen molar-refractivity contribution in [2.24, 2.45) is 0 Å². The molecule has 2 aromatic heterocycles. The van der Waals surface area contributed by atoms with Crippen LogP contribution in [-0.4, -0.2) is 22.0 Å². The van der Waals surface area contributed by atoms with Gasteiger partial charge >= 0.3 is 0 Å². The van der Waals surface area contributed by atoms with Gasteiger partial charge in [-0.05, 0) is 67.0 Å². The lowest BCUT2D eigenvalue weighted by Gasteiger charge is -2.28. The average molecular weight is 438 g/mol. The van der Waals surface area contributed by atoms with Crippen LogP contribution in [0.1, 0.15) is 32.6 Å². The highest BCUT2D eigenvalue weighted by molar-refractivity contribution is 7.12. The first kappa shape index (κ1) is 20.0. The van der Waals surface area contributed by atoms with E-state index in [1.807, 2.05) is 35.8 Å². The maximum atomic E-state index is 15.1. The molecule has 0 bridgehead atoms. The van der Waals surface area contributed by atoms with Crippen molar-refractivity contribution in [2.75, 3.05) is 18.0 Å². The van der Waals surface area contributed by atoms with E-state index in [2.05, 4.69) is 9.27 Å². The van der Waals surface area contributed by atoms with Crippen molar-refractivity contribution in [1.29, 1.82) is 0 Å². The van der Waals surface area contributed by atoms with Gasteiger partial charge in [-0.15, -0.1) is 0 Å². The minimum absolute atomic E-state index is 0.115. The normalized spacial score (nSPS) is 14.6. The number of aromatic amines is 1. The van der Waals surface area contributed by atoms with E-state index in [1.54, 1.807) is 6.07 Å². The Morgan fingerprint density at radius 3 is 2.52 bits per heavy atom. The van der Waals surface area contributed by atoms with Gasteiger partial charge in [-0.25, -0.2) is 4.39 Å². The number of hydrogen-bond acceptors (Lipinski definition) is 4. The number of fused-ring (bicyclic) bond motifs is 2. The Kier molecular flexibility index (Phi) is 5.14. The molecular weight excluding hydrogens is 413 g/mol. The molecule has 0 radical (unpaired) electrons. The highest BCUT2D eigenvalue weighted by Crippen LogP contribution is 2.31. The standard InChI is InChI=1S/C24H24FN3O2S/c1-2-10-28-20-14-17(15-6-8-16(9-7-15)27-11-4-3-5-12-27)19(25)13-18(20)22(29)21-23(30)26-31-24(21)28/h6-9,13-14H,2-5,10-12H2,1H3,(H,26,30). The van der Waals surface area contributed by atoms with Gasteiger partial charge in [-0.1, -0.05) is 19.1 Å². The van der Waals surface area contributed by atoms with Gasteiger partial charge in [0.2, 0.25) is 5.43 Å². The molecule has 31 heavy (non-hydrogen) atoms. The van der Waals surface area contributed by atoms with Crippen molar-refractivity contribution in [1.82, 2.24) is 8.94 Å². The topological polar surface area (TPSA) is 58.1 Å². The number of pyridine rings is 1. The van der Waals surface area contributed by atoms with E-state index < -0.39 is 16.8 Å². The molecular formula is C24H24FN3O2S. The summed E-state index contributed by atoms with van der Waals surface area (Å²) in [5, 5.41) is 0.361. The van der Waals surface area contributed by atoms with E-state index in [1.165, 1.54) is 25.3 Å². The Bertz CT molecular complexity index is 1380. The van der Waals surface area contributed by atoms with Crippen molar-refractivity contribution in [2.45, 2.75) is 39.2 Å². The monoisotopic (exact) mass is 437 g/mol. The lowest BCUT2D eigenvalue weighted by atomic mass is 10.0. The maximum absolute atomic E-state index is 15.1. The van der Waals surface area contributed by atoms with Gasteiger partial charge in [0, 0.05) is 36.3 Å². The lowest BCUT2D eigenvalue weighted by molar-refractivity contribution is 0.578. The first-order valence-electron chi connectivity index (χ1n) is 10.8. The molecule has 5 nitrogen and oxygen atoms in total. The minimum Gasteiger partial charge on any atom is -0.372 e. The molecule has 0 aliphatic carbocycles. The Hall–Kier alpha value is -2.93. The smallest absolute Gasteiger partial charge is 0.271 e. The largest absolute Gasteiger partial charge is 0.372 e.